The standard InChI is InChI=1S/C56H83N7O11/c1-32(60(15)51(70)73-55(9,10)11)45(64)58-43(53(3,4)5)48(67)62-30-37-27-35(25-26-36(37)28-41(62)47(66)57-40-24-20-22-34-21-18-19-23-39(34)40)38-29-42(50(69)72-17)63(31-38)49(68)44(54(6,7)8)59-46(65)33(2)61(16)52(71)74-56(12,13)14/h18-19,21,23,25-27,32-33,38,40-44H,20,22,24,28-31H2,1-17H3,(H,57,66)(H,58,64)(H,59,65)/t32-,33-,38-,40+,41-,42-,43+,44+/m0/s1. The van der Waals surface area contributed by atoms with Crippen LogP contribution in [0.5, 0.6) is 0 Å². The third kappa shape index (κ3) is 14.1. The van der Waals surface area contributed by atoms with E-state index in [9.17, 15) is 33.6 Å². The van der Waals surface area contributed by atoms with E-state index in [1.807, 2.05) is 57.2 Å². The molecule has 1 saturated heterocycles. The van der Waals surface area contributed by atoms with Gasteiger partial charge in [0.2, 0.25) is 29.5 Å². The Morgan fingerprint density at radius 1 is 0.662 bits per heavy atom. The highest BCUT2D eigenvalue weighted by Crippen LogP contribution is 2.38. The monoisotopic (exact) mass is 1030 g/mol. The Balaban J connectivity index is 1.47. The first-order chi connectivity index (χ1) is 34.1. The second-order valence-electron chi connectivity index (χ2n) is 24.5. The van der Waals surface area contributed by atoms with Gasteiger partial charge in [-0.05, 0) is 120 Å². The summed E-state index contributed by atoms with van der Waals surface area (Å²) in [4.78, 5) is 117. The van der Waals surface area contributed by atoms with Gasteiger partial charge in [0, 0.05) is 39.5 Å². The molecule has 0 aromatic heterocycles. The topological polar surface area (TPSA) is 213 Å². The Kier molecular flexibility index (Phi) is 18.0. The zero-order chi connectivity index (χ0) is 55.6. The van der Waals surface area contributed by atoms with Crippen LogP contribution in [0.3, 0.4) is 0 Å². The molecule has 1 aliphatic carbocycles. The maximum absolute atomic E-state index is 15.3. The van der Waals surface area contributed by atoms with E-state index in [4.69, 9.17) is 14.2 Å². The summed E-state index contributed by atoms with van der Waals surface area (Å²) in [5.41, 5.74) is 1.28. The van der Waals surface area contributed by atoms with E-state index in [-0.39, 0.29) is 43.8 Å². The van der Waals surface area contributed by atoms with E-state index in [2.05, 4.69) is 22.0 Å². The van der Waals surface area contributed by atoms with Crippen molar-refractivity contribution >= 4 is 47.7 Å². The molecular formula is C56H83N7O11. The predicted octanol–water partition coefficient (Wildman–Crippen LogP) is 6.56. The van der Waals surface area contributed by atoms with Crippen molar-refractivity contribution in [1.29, 1.82) is 0 Å². The lowest BCUT2D eigenvalue weighted by Crippen LogP contribution is -2.62. The van der Waals surface area contributed by atoms with Crippen LogP contribution in [0.4, 0.5) is 9.59 Å². The minimum Gasteiger partial charge on any atom is -0.467 e. The number of fused-ring (bicyclic) bond motifs is 2. The molecule has 2 aromatic rings. The summed E-state index contributed by atoms with van der Waals surface area (Å²) in [5.74, 6) is -3.48. The lowest BCUT2D eigenvalue weighted by Gasteiger charge is -2.42. The van der Waals surface area contributed by atoms with Crippen molar-refractivity contribution in [3.05, 3.63) is 70.3 Å². The molecule has 2 aliphatic heterocycles. The SMILES string of the molecule is COC(=O)[C@@H]1C[C@H](c2ccc3c(c2)CN(C(=O)[C@@H](NC(=O)[C@H](C)N(C)C(=O)OC(C)(C)C)C(C)(C)C)[C@H](C(=O)N[C@@H]2CCCc4ccccc42)C3)CN1C(=O)[C@@H](NC(=O)[C@H](C)N(C)C(=O)OC(C)(C)C)C(C)(C)C. The number of nitrogens with zero attached hydrogens (tertiary/aromatic N) is 4. The zero-order valence-corrected chi connectivity index (χ0v) is 46.9. The van der Waals surface area contributed by atoms with Crippen molar-refractivity contribution in [2.75, 3.05) is 27.7 Å². The number of benzene rings is 2. The van der Waals surface area contributed by atoms with Crippen molar-refractivity contribution in [2.24, 2.45) is 10.8 Å². The minimum absolute atomic E-state index is 0.00101. The fourth-order valence-electron chi connectivity index (χ4n) is 9.67. The van der Waals surface area contributed by atoms with Crippen LogP contribution in [0.25, 0.3) is 0 Å². The summed E-state index contributed by atoms with van der Waals surface area (Å²) >= 11 is 0. The quantitative estimate of drug-likeness (QED) is 0.153. The van der Waals surface area contributed by atoms with E-state index < -0.39 is 100 Å². The van der Waals surface area contributed by atoms with Crippen molar-refractivity contribution < 1.29 is 52.6 Å². The highest BCUT2D eigenvalue weighted by Gasteiger charge is 2.48. The Morgan fingerprint density at radius 2 is 1.18 bits per heavy atom. The van der Waals surface area contributed by atoms with Gasteiger partial charge >= 0.3 is 18.2 Å². The lowest BCUT2D eigenvalue weighted by molar-refractivity contribution is -0.153. The minimum atomic E-state index is -1.13. The lowest BCUT2D eigenvalue weighted by atomic mass is 9.83. The number of carbonyl (C=O) groups is 8. The number of ether oxygens (including phenoxy) is 3. The van der Waals surface area contributed by atoms with E-state index in [0.717, 1.165) is 52.0 Å². The fraction of sp³-hybridized carbons (Fsp3) is 0.643. The summed E-state index contributed by atoms with van der Waals surface area (Å²) in [6.07, 6.45) is 1.47. The number of likely N-dealkylation sites (N-methyl/N-ethyl adjacent to an activating group) is 2. The van der Waals surface area contributed by atoms with Crippen LogP contribution in [0.15, 0.2) is 42.5 Å². The molecule has 1 fully saturated rings. The van der Waals surface area contributed by atoms with E-state index >= 15 is 4.79 Å². The van der Waals surface area contributed by atoms with Gasteiger partial charge in [-0.25, -0.2) is 14.4 Å². The molecule has 3 aliphatic rings. The highest BCUT2D eigenvalue weighted by molar-refractivity contribution is 5.96. The van der Waals surface area contributed by atoms with Gasteiger partial charge in [0.25, 0.3) is 0 Å². The molecule has 8 atom stereocenters. The maximum atomic E-state index is 15.3. The Labute approximate surface area is 438 Å². The Bertz CT molecular complexity index is 2450. The molecule has 2 heterocycles. The Morgan fingerprint density at radius 3 is 1.68 bits per heavy atom. The number of methoxy groups -OCH3 is 1. The zero-order valence-electron chi connectivity index (χ0n) is 46.9. The number of rotatable bonds is 12. The third-order valence-corrected chi connectivity index (χ3v) is 14.2. The van der Waals surface area contributed by atoms with Gasteiger partial charge in [-0.3, -0.25) is 33.8 Å². The maximum Gasteiger partial charge on any atom is 0.410 e. The molecule has 7 amide bonds. The molecule has 74 heavy (non-hydrogen) atoms. The second kappa shape index (κ2) is 22.7. The molecule has 0 bridgehead atoms. The molecule has 408 valence electrons. The van der Waals surface area contributed by atoms with Crippen LogP contribution in [0.1, 0.15) is 156 Å². The predicted molar refractivity (Wildman–Crippen MR) is 279 cm³/mol. The summed E-state index contributed by atoms with van der Waals surface area (Å²) < 4.78 is 16.2. The number of amides is 7. The van der Waals surface area contributed by atoms with E-state index in [1.165, 1.54) is 42.8 Å². The van der Waals surface area contributed by atoms with Crippen LogP contribution in [-0.2, 0) is 62.4 Å². The molecule has 2 aromatic carbocycles. The average molecular weight is 1030 g/mol. The highest BCUT2D eigenvalue weighted by atomic mass is 16.6. The van der Waals surface area contributed by atoms with Crippen LogP contribution in [0, 0.1) is 10.8 Å². The number of nitrogens with one attached hydrogen (secondary N) is 3. The molecule has 3 N–H and O–H groups in total. The first kappa shape index (κ1) is 58.7. The van der Waals surface area contributed by atoms with Gasteiger partial charge in [-0.2, -0.15) is 0 Å². The first-order valence-electron chi connectivity index (χ1n) is 25.8. The van der Waals surface area contributed by atoms with Gasteiger partial charge in [0.15, 0.2) is 0 Å². The van der Waals surface area contributed by atoms with Crippen molar-refractivity contribution in [2.45, 2.75) is 195 Å². The molecule has 18 heteroatoms. The van der Waals surface area contributed by atoms with E-state index in [0.29, 0.717) is 0 Å². The summed E-state index contributed by atoms with van der Waals surface area (Å²) in [6, 6.07) is 7.34. The van der Waals surface area contributed by atoms with Crippen molar-refractivity contribution in [1.82, 2.24) is 35.6 Å². The number of aryl methyl sites for hydroxylation is 1. The first-order valence-corrected chi connectivity index (χ1v) is 25.8. The Hall–Kier alpha value is -6.20. The largest absolute Gasteiger partial charge is 0.467 e. The average Bonchev–Trinajstić information content (AvgIpc) is 3.76. The van der Waals surface area contributed by atoms with E-state index in [1.54, 1.807) is 69.2 Å². The molecule has 0 spiro atoms. The van der Waals surface area contributed by atoms with Crippen LogP contribution < -0.4 is 16.0 Å². The second-order valence-corrected chi connectivity index (χ2v) is 24.5. The smallest absolute Gasteiger partial charge is 0.410 e. The molecule has 0 unspecified atom stereocenters. The van der Waals surface area contributed by atoms with Gasteiger partial charge in [-0.15, -0.1) is 0 Å². The number of hydrogen-bond acceptors (Lipinski definition) is 11. The molecule has 18 nitrogen and oxygen atoms in total. The number of likely N-dealkylation sites (tertiary alicyclic amines) is 1. The fourth-order valence-corrected chi connectivity index (χ4v) is 9.67. The van der Waals surface area contributed by atoms with Crippen molar-refractivity contribution in [3.8, 4) is 0 Å². The summed E-state index contributed by atoms with van der Waals surface area (Å²) in [5, 5.41) is 9.09. The third-order valence-electron chi connectivity index (χ3n) is 14.2. The number of esters is 1. The molecular weight excluding hydrogens is 947 g/mol. The van der Waals surface area contributed by atoms with Crippen LogP contribution >= 0.6 is 0 Å². The number of carbonyl (C=O) groups excluding carboxylic acids is 8. The van der Waals surface area contributed by atoms with Crippen LogP contribution in [0.2, 0.25) is 0 Å². The summed E-state index contributed by atoms with van der Waals surface area (Å²) in [7, 11) is 4.16. The summed E-state index contributed by atoms with van der Waals surface area (Å²) in [6.45, 7) is 24.4. The normalized spacial score (nSPS) is 20.6. The van der Waals surface area contributed by atoms with Crippen molar-refractivity contribution in [3.63, 3.8) is 0 Å². The number of hydrogen-bond donors (Lipinski definition) is 3. The van der Waals surface area contributed by atoms with Gasteiger partial charge in [-0.1, -0.05) is 84.0 Å². The molecule has 5 rings (SSSR count). The van der Waals surface area contributed by atoms with Gasteiger partial charge in [0.1, 0.15) is 47.5 Å². The molecule has 0 saturated carbocycles. The van der Waals surface area contributed by atoms with Gasteiger partial charge in [0.05, 0.1) is 13.2 Å². The van der Waals surface area contributed by atoms with Crippen LogP contribution in [-0.4, -0.2) is 142 Å². The van der Waals surface area contributed by atoms with Gasteiger partial charge < -0.3 is 40.0 Å². The molecule has 0 radical (unpaired) electrons.